The molecule has 1 saturated carbocycles. The molecule has 1 aromatic rings. The fourth-order valence-corrected chi connectivity index (χ4v) is 3.84. The first-order valence-electron chi connectivity index (χ1n) is 6.26. The lowest BCUT2D eigenvalue weighted by atomic mass is 9.73. The van der Waals surface area contributed by atoms with Gasteiger partial charge in [-0.2, -0.15) is 0 Å². The van der Waals surface area contributed by atoms with Crippen molar-refractivity contribution in [1.29, 1.82) is 0 Å². The second kappa shape index (κ2) is 4.15. The van der Waals surface area contributed by atoms with Crippen LogP contribution in [-0.2, 0) is 0 Å². The highest BCUT2D eigenvalue weighted by Gasteiger charge is 2.44. The third-order valence-corrected chi connectivity index (χ3v) is 4.97. The molecule has 1 N–H and O–H groups in total. The number of hydrogen-bond donors (Lipinski definition) is 1. The molecule has 0 unspecified atom stereocenters. The summed E-state index contributed by atoms with van der Waals surface area (Å²) in [7, 11) is 0. The molecule has 1 aliphatic carbocycles. The zero-order valence-electron chi connectivity index (χ0n) is 9.51. The molecule has 1 heterocycles. The van der Waals surface area contributed by atoms with Gasteiger partial charge in [-0.25, -0.2) is 0 Å². The van der Waals surface area contributed by atoms with E-state index in [9.17, 15) is 0 Å². The van der Waals surface area contributed by atoms with Crippen LogP contribution in [0.15, 0.2) is 28.7 Å². The third kappa shape index (κ3) is 1.72. The maximum Gasteiger partial charge on any atom is 0.0175 e. The van der Waals surface area contributed by atoms with Gasteiger partial charge in [-0.15, -0.1) is 0 Å². The molecule has 2 fully saturated rings. The summed E-state index contributed by atoms with van der Waals surface area (Å²) >= 11 is 3.51. The molecular formula is C14H18BrN. The minimum atomic E-state index is 0.577. The summed E-state index contributed by atoms with van der Waals surface area (Å²) in [5.41, 5.74) is 2.10. The van der Waals surface area contributed by atoms with Crippen LogP contribution >= 0.6 is 15.9 Å². The lowest BCUT2D eigenvalue weighted by Gasteiger charge is -2.30. The van der Waals surface area contributed by atoms with Gasteiger partial charge in [0.1, 0.15) is 0 Å². The standard InChI is InChI=1S/C14H18BrN/c15-12-5-3-11(4-6-12)13-9-16-10-14(13)7-1-2-8-14/h3-6,13,16H,1-2,7-10H2/t13-/m0/s1. The average molecular weight is 280 g/mol. The molecule has 1 aliphatic heterocycles. The van der Waals surface area contributed by atoms with Gasteiger partial charge in [-0.05, 0) is 36.0 Å². The predicted molar refractivity (Wildman–Crippen MR) is 70.7 cm³/mol. The number of benzene rings is 1. The fraction of sp³-hybridized carbons (Fsp3) is 0.571. The lowest BCUT2D eigenvalue weighted by Crippen LogP contribution is -2.25. The third-order valence-electron chi connectivity index (χ3n) is 4.44. The topological polar surface area (TPSA) is 12.0 Å². The summed E-state index contributed by atoms with van der Waals surface area (Å²) < 4.78 is 1.18. The van der Waals surface area contributed by atoms with Crippen LogP contribution in [0.3, 0.4) is 0 Å². The maximum absolute atomic E-state index is 3.61. The molecule has 1 spiro atoms. The van der Waals surface area contributed by atoms with Crippen molar-refractivity contribution in [2.75, 3.05) is 13.1 Å². The van der Waals surface area contributed by atoms with Crippen molar-refractivity contribution in [2.24, 2.45) is 5.41 Å². The van der Waals surface area contributed by atoms with Gasteiger partial charge in [-0.1, -0.05) is 40.9 Å². The van der Waals surface area contributed by atoms with Gasteiger partial charge >= 0.3 is 0 Å². The second-order valence-corrected chi connectivity index (χ2v) is 6.22. The smallest absolute Gasteiger partial charge is 0.0175 e. The van der Waals surface area contributed by atoms with Crippen molar-refractivity contribution >= 4 is 15.9 Å². The maximum atomic E-state index is 3.61. The van der Waals surface area contributed by atoms with E-state index in [1.165, 1.54) is 48.8 Å². The van der Waals surface area contributed by atoms with E-state index in [1.54, 1.807) is 0 Å². The van der Waals surface area contributed by atoms with Gasteiger partial charge in [0, 0.05) is 23.5 Å². The van der Waals surface area contributed by atoms with Crippen molar-refractivity contribution in [1.82, 2.24) is 5.32 Å². The molecule has 0 bridgehead atoms. The van der Waals surface area contributed by atoms with E-state index in [0.717, 1.165) is 5.92 Å². The van der Waals surface area contributed by atoms with Gasteiger partial charge in [0.2, 0.25) is 0 Å². The van der Waals surface area contributed by atoms with Crippen molar-refractivity contribution in [3.8, 4) is 0 Å². The Labute approximate surface area is 106 Å². The molecule has 1 atom stereocenters. The van der Waals surface area contributed by atoms with E-state index in [-0.39, 0.29) is 0 Å². The first-order chi connectivity index (χ1) is 7.80. The normalized spacial score (nSPS) is 27.7. The van der Waals surface area contributed by atoms with Crippen molar-refractivity contribution < 1.29 is 0 Å². The first kappa shape index (κ1) is 10.8. The molecule has 3 rings (SSSR count). The SMILES string of the molecule is Brc1ccc([C@@H]2CNCC23CCCC3)cc1. The van der Waals surface area contributed by atoms with Crippen LogP contribution in [0.5, 0.6) is 0 Å². The van der Waals surface area contributed by atoms with Gasteiger partial charge in [-0.3, -0.25) is 0 Å². The Morgan fingerprint density at radius 3 is 2.50 bits per heavy atom. The Kier molecular flexibility index (Phi) is 2.80. The first-order valence-corrected chi connectivity index (χ1v) is 7.06. The zero-order chi connectivity index (χ0) is 11.0. The second-order valence-electron chi connectivity index (χ2n) is 5.30. The van der Waals surface area contributed by atoms with Gasteiger partial charge in [0.05, 0.1) is 0 Å². The Morgan fingerprint density at radius 2 is 1.81 bits per heavy atom. The molecule has 86 valence electrons. The summed E-state index contributed by atoms with van der Waals surface area (Å²) in [6.07, 6.45) is 5.69. The molecule has 2 heteroatoms. The van der Waals surface area contributed by atoms with Crippen LogP contribution < -0.4 is 5.32 Å². The van der Waals surface area contributed by atoms with E-state index in [4.69, 9.17) is 0 Å². The van der Waals surface area contributed by atoms with Crippen LogP contribution in [-0.4, -0.2) is 13.1 Å². The minimum absolute atomic E-state index is 0.577. The van der Waals surface area contributed by atoms with Crippen molar-refractivity contribution in [2.45, 2.75) is 31.6 Å². The summed E-state index contributed by atoms with van der Waals surface area (Å²) in [6.45, 7) is 2.40. The summed E-state index contributed by atoms with van der Waals surface area (Å²) in [6, 6.07) is 8.94. The van der Waals surface area contributed by atoms with Crippen LogP contribution in [0.2, 0.25) is 0 Å². The number of nitrogens with one attached hydrogen (secondary N) is 1. The van der Waals surface area contributed by atoms with Gasteiger partial charge in [0.15, 0.2) is 0 Å². The highest BCUT2D eigenvalue weighted by molar-refractivity contribution is 9.10. The molecule has 2 aliphatic rings. The molecule has 0 amide bonds. The predicted octanol–water partition coefficient (Wildman–Crippen LogP) is 3.70. The minimum Gasteiger partial charge on any atom is -0.316 e. The number of halogens is 1. The molecule has 0 aromatic heterocycles. The van der Waals surface area contributed by atoms with E-state index >= 15 is 0 Å². The monoisotopic (exact) mass is 279 g/mol. The van der Waals surface area contributed by atoms with Crippen molar-refractivity contribution in [3.63, 3.8) is 0 Å². The zero-order valence-corrected chi connectivity index (χ0v) is 11.1. The largest absolute Gasteiger partial charge is 0.316 e. The average Bonchev–Trinajstić information content (AvgIpc) is 2.91. The molecule has 1 saturated heterocycles. The van der Waals surface area contributed by atoms with Crippen LogP contribution in [0.4, 0.5) is 0 Å². The molecule has 1 nitrogen and oxygen atoms in total. The number of hydrogen-bond acceptors (Lipinski definition) is 1. The summed E-state index contributed by atoms with van der Waals surface area (Å²) in [4.78, 5) is 0. The molecule has 16 heavy (non-hydrogen) atoms. The Hall–Kier alpha value is -0.340. The summed E-state index contributed by atoms with van der Waals surface area (Å²) in [5, 5.41) is 3.61. The van der Waals surface area contributed by atoms with Crippen LogP contribution in [0.25, 0.3) is 0 Å². The van der Waals surface area contributed by atoms with Crippen LogP contribution in [0.1, 0.15) is 37.2 Å². The molecular weight excluding hydrogens is 262 g/mol. The molecule has 0 radical (unpaired) electrons. The quantitative estimate of drug-likeness (QED) is 0.827. The van der Waals surface area contributed by atoms with E-state index in [0.29, 0.717) is 5.41 Å². The van der Waals surface area contributed by atoms with E-state index < -0.39 is 0 Å². The fourth-order valence-electron chi connectivity index (χ4n) is 3.58. The van der Waals surface area contributed by atoms with Crippen LogP contribution in [0, 0.1) is 5.41 Å². The highest BCUT2D eigenvalue weighted by atomic mass is 79.9. The summed E-state index contributed by atoms with van der Waals surface area (Å²) in [5.74, 6) is 0.739. The van der Waals surface area contributed by atoms with Gasteiger partial charge in [0.25, 0.3) is 0 Å². The van der Waals surface area contributed by atoms with E-state index in [1.807, 2.05) is 0 Å². The number of rotatable bonds is 1. The highest BCUT2D eigenvalue weighted by Crippen LogP contribution is 2.50. The Balaban J connectivity index is 1.91. The Morgan fingerprint density at radius 1 is 1.12 bits per heavy atom. The van der Waals surface area contributed by atoms with Crippen molar-refractivity contribution in [3.05, 3.63) is 34.3 Å². The lowest BCUT2D eigenvalue weighted by molar-refractivity contribution is 0.295. The van der Waals surface area contributed by atoms with Gasteiger partial charge < -0.3 is 5.32 Å². The molecule has 1 aromatic carbocycles. The van der Waals surface area contributed by atoms with E-state index in [2.05, 4.69) is 45.5 Å². The Bertz CT molecular complexity index is 359.